The molecule has 35 heteroatoms. The molecule has 4 aliphatic heterocycles. The zero-order chi connectivity index (χ0) is 76.8. The fourth-order valence-corrected chi connectivity index (χ4v) is 9.20. The zero-order valence-corrected chi connectivity index (χ0v) is 58.2. The van der Waals surface area contributed by atoms with Crippen LogP contribution in [-0.4, -0.2) is 210 Å². The second-order valence-corrected chi connectivity index (χ2v) is 23.9. The molecule has 35 nitrogen and oxygen atoms in total. The van der Waals surface area contributed by atoms with Crippen LogP contribution in [0.25, 0.3) is 0 Å². The number of esters is 2. The van der Waals surface area contributed by atoms with Crippen LogP contribution >= 0.6 is 0 Å². The van der Waals surface area contributed by atoms with Gasteiger partial charge in [0, 0.05) is 56.1 Å². The highest BCUT2D eigenvalue weighted by Crippen LogP contribution is 2.15. The molecule has 578 valence electrons. The number of amides is 12. The number of carbonyl (C=O) groups is 18. The van der Waals surface area contributed by atoms with Crippen molar-refractivity contribution in [2.24, 2.45) is 5.73 Å². The number of fused-ring (bicyclic) bond motifs is 34. The number of methoxy groups -OCH3 is 2. The molecule has 3 aromatic rings. The topological polar surface area (TPSA) is 537 Å². The van der Waals surface area contributed by atoms with Crippen LogP contribution in [0.4, 0.5) is 0 Å². The summed E-state index contributed by atoms with van der Waals surface area (Å²) in [5.74, 6) is -11.6. The number of aromatic carboxylic acids is 1. The van der Waals surface area contributed by atoms with Crippen LogP contribution in [0, 0.1) is 0 Å². The lowest BCUT2D eigenvalue weighted by Crippen LogP contribution is -2.56. The summed E-state index contributed by atoms with van der Waals surface area (Å²) < 4.78 is 9.51. The Hall–Kier alpha value is -11.5. The minimum Gasteiger partial charge on any atom is -0.480 e. The first kappa shape index (κ1) is 93.5. The molecule has 0 radical (unpaired) electrons. The summed E-state index contributed by atoms with van der Waals surface area (Å²) >= 11 is 0. The number of carboxylic acids is 2. The first-order valence-electron chi connectivity index (χ1n) is 32.1. The molecule has 0 saturated heterocycles. The molecule has 105 heavy (non-hydrogen) atoms. The number of rotatable bonds is 14. The molecule has 0 spiro atoms. The van der Waals surface area contributed by atoms with E-state index in [1.165, 1.54) is 106 Å². The standard InChI is InChI=1S/C23H30N4O7.C22H31N5O8.C22H28N4O7.3CH4/c1-12-20(30)25-13(2)21(31)26-14(3)22(32)27-17(23(33)34-4)11-15-5-7-16(8-6-15)18(28)9-10-19(29)24-12;1-11(24-17(28)10-23)18(29)25-12(2)19(30)26-13(3)20(31)27-16(22(34)35-4)9-14-5-7-15(8-6-14)21(32)33;1-11-19(29)24-12(2)20(30)25-13(3)21(31)26-16(22(32)33)10-14-4-6-15(7-5-14)17(27)8-9-18(28)23-11;;;/h5-8,12-14,17H,9-11H2,1-4H3,(H,24,29)(H,25,30)(H,26,31)(H,27,32);5-8,11-13,16H,9-10,23H2,1-4H3,(H,24,28)(H,25,29)(H,26,30)(H,27,31)(H,32,33);4-7,11-13,16H,8-10H2,1-3H3,(H,23,28)(H,24,29)(H,25,30)(H,26,31)(H,32,33);3*1H4. The summed E-state index contributed by atoms with van der Waals surface area (Å²) in [5, 5.41) is 47.9. The summed E-state index contributed by atoms with van der Waals surface area (Å²) in [6.07, 6.45) is -0.288. The second-order valence-electron chi connectivity index (χ2n) is 23.9. The molecule has 4 aliphatic rings. The SMILES string of the molecule is C.C.C.CC1NC(=O)CCC(=O)c2ccc(cc2)CC(C(=O)O)NC(=O)C(C)NC(=O)C(C)NC1=O.COC(=O)C(Cc1ccc(C(=O)O)cc1)NC(=O)C(C)NC(=O)C(C)NC(=O)C(C)NC(=O)CN.COC(=O)C1Cc2ccc(cc2)C(=O)CCC(=O)NC(C)C(=O)NC(C)C(=O)NC(C)C(=O)N1. The minimum atomic E-state index is -1.26. The zero-order valence-electron chi connectivity index (χ0n) is 58.2. The van der Waals surface area contributed by atoms with E-state index in [1.807, 2.05) is 0 Å². The summed E-state index contributed by atoms with van der Waals surface area (Å²) in [4.78, 5) is 219. The van der Waals surface area contributed by atoms with Gasteiger partial charge in [0.05, 0.1) is 26.3 Å². The number of nitrogens with two attached hydrogens (primary N) is 1. The quantitative estimate of drug-likeness (QED) is 0.0654. The van der Waals surface area contributed by atoms with Crippen LogP contribution in [0.5, 0.6) is 0 Å². The van der Waals surface area contributed by atoms with E-state index in [0.717, 1.165) is 7.11 Å². The van der Waals surface area contributed by atoms with Gasteiger partial charge < -0.3 is 89.2 Å². The Morgan fingerprint density at radius 3 is 1.12 bits per heavy atom. The Morgan fingerprint density at radius 2 is 0.781 bits per heavy atom. The van der Waals surface area contributed by atoms with E-state index < -0.39 is 167 Å². The Bertz CT molecular complexity index is 3590. The van der Waals surface area contributed by atoms with Crippen molar-refractivity contribution in [3.63, 3.8) is 0 Å². The number of ketones is 2. The molecule has 12 atom stereocenters. The molecular formula is C70H101N13O22. The van der Waals surface area contributed by atoms with Crippen molar-refractivity contribution >= 4 is 106 Å². The molecule has 12 amide bonds. The van der Waals surface area contributed by atoms with Gasteiger partial charge in [-0.05, 0) is 91.1 Å². The highest BCUT2D eigenvalue weighted by molar-refractivity contribution is 6.01. The molecule has 0 aliphatic carbocycles. The number of Topliss-reactive ketones (excluding diaryl/α,β-unsaturated/α-hetero) is 2. The predicted molar refractivity (Wildman–Crippen MR) is 380 cm³/mol. The molecule has 0 fully saturated rings. The van der Waals surface area contributed by atoms with Crippen molar-refractivity contribution in [2.45, 2.75) is 202 Å². The highest BCUT2D eigenvalue weighted by Gasteiger charge is 2.32. The van der Waals surface area contributed by atoms with Gasteiger partial charge in [-0.25, -0.2) is 19.2 Å². The average Bonchev–Trinajstić information content (AvgIpc) is 0.866. The maximum Gasteiger partial charge on any atom is 0.335 e. The smallest absolute Gasteiger partial charge is 0.335 e. The van der Waals surface area contributed by atoms with Gasteiger partial charge in [0.1, 0.15) is 72.5 Å². The highest BCUT2D eigenvalue weighted by atomic mass is 16.5. The lowest BCUT2D eigenvalue weighted by Gasteiger charge is -2.22. The van der Waals surface area contributed by atoms with Crippen molar-refractivity contribution in [3.8, 4) is 0 Å². The lowest BCUT2D eigenvalue weighted by atomic mass is 10.0. The van der Waals surface area contributed by atoms with E-state index in [-0.39, 0.29) is 90.9 Å². The number of carbonyl (C=O) groups excluding carboxylic acids is 16. The van der Waals surface area contributed by atoms with Gasteiger partial charge in [-0.1, -0.05) is 82.9 Å². The van der Waals surface area contributed by atoms with Crippen molar-refractivity contribution in [3.05, 3.63) is 106 Å². The molecule has 4 bridgehead atoms. The maximum atomic E-state index is 12.6. The first-order chi connectivity index (χ1) is 47.9. The number of carboxylic acid groups (broad SMARTS) is 2. The Morgan fingerprint density at radius 1 is 0.448 bits per heavy atom. The van der Waals surface area contributed by atoms with Gasteiger partial charge in [-0.3, -0.25) is 67.1 Å². The van der Waals surface area contributed by atoms with Crippen LogP contribution in [-0.2, 0) is 101 Å². The Kier molecular flexibility index (Phi) is 40.5. The van der Waals surface area contributed by atoms with Gasteiger partial charge in [-0.2, -0.15) is 0 Å². The number of nitrogens with one attached hydrogen (secondary N) is 12. The summed E-state index contributed by atoms with van der Waals surface area (Å²) in [7, 11) is 2.35. The summed E-state index contributed by atoms with van der Waals surface area (Å²) in [6, 6.07) is 6.01. The number of aliphatic carboxylic acids is 1. The number of benzene rings is 3. The third-order valence-electron chi connectivity index (χ3n) is 15.5. The third kappa shape index (κ3) is 31.7. The van der Waals surface area contributed by atoms with E-state index in [1.54, 1.807) is 36.4 Å². The van der Waals surface area contributed by atoms with Crippen LogP contribution in [0.2, 0.25) is 0 Å². The Balaban J connectivity index is 0.00000152. The molecule has 16 N–H and O–H groups in total. The number of hydrogen-bond acceptors (Lipinski definition) is 21. The maximum absolute atomic E-state index is 12.6. The molecule has 0 aromatic heterocycles. The van der Waals surface area contributed by atoms with E-state index in [0.29, 0.717) is 27.8 Å². The van der Waals surface area contributed by atoms with Gasteiger partial charge >= 0.3 is 23.9 Å². The van der Waals surface area contributed by atoms with E-state index >= 15 is 0 Å². The third-order valence-corrected chi connectivity index (χ3v) is 15.5. The second kappa shape index (κ2) is 45.5. The van der Waals surface area contributed by atoms with Gasteiger partial charge in [0.2, 0.25) is 70.9 Å². The van der Waals surface area contributed by atoms with E-state index in [9.17, 15) is 91.4 Å². The van der Waals surface area contributed by atoms with Crippen LogP contribution < -0.4 is 69.5 Å². The normalized spacial score (nSPS) is 21.0. The largest absolute Gasteiger partial charge is 0.480 e. The van der Waals surface area contributed by atoms with Crippen molar-refractivity contribution < 1.29 is 106 Å². The van der Waals surface area contributed by atoms with Crippen LogP contribution in [0.15, 0.2) is 72.8 Å². The molecule has 12 unspecified atom stereocenters. The molecular weight excluding hydrogens is 1370 g/mol. The van der Waals surface area contributed by atoms with E-state index in [2.05, 4.69) is 63.8 Å². The van der Waals surface area contributed by atoms with Gasteiger partial charge in [0.25, 0.3) is 0 Å². The van der Waals surface area contributed by atoms with Crippen molar-refractivity contribution in [1.82, 2.24) is 63.8 Å². The van der Waals surface area contributed by atoms with Crippen LogP contribution in [0.1, 0.15) is 158 Å². The van der Waals surface area contributed by atoms with Crippen molar-refractivity contribution in [2.75, 3.05) is 20.8 Å². The molecule has 4 heterocycles. The summed E-state index contributed by atoms with van der Waals surface area (Å²) in [5.41, 5.74) is 7.82. The fraction of sp³-hybridized carbons (Fsp3) is 0.486. The van der Waals surface area contributed by atoms with Crippen LogP contribution in [0.3, 0.4) is 0 Å². The lowest BCUT2D eigenvalue weighted by molar-refractivity contribution is -0.145. The van der Waals surface area contributed by atoms with Gasteiger partial charge in [0.15, 0.2) is 11.6 Å². The minimum absolute atomic E-state index is 0. The number of ether oxygens (including phenoxy) is 2. The van der Waals surface area contributed by atoms with E-state index in [4.69, 9.17) is 20.3 Å². The fourth-order valence-electron chi connectivity index (χ4n) is 9.20. The number of hydrogen-bond donors (Lipinski definition) is 15. The molecule has 0 saturated carbocycles. The molecule has 7 rings (SSSR count). The summed E-state index contributed by atoms with van der Waals surface area (Å²) in [6.45, 7) is 12.5. The predicted octanol–water partition coefficient (Wildman–Crippen LogP) is -1.37. The molecule has 3 aromatic carbocycles. The average molecular weight is 1480 g/mol. The first-order valence-corrected chi connectivity index (χ1v) is 32.1. The monoisotopic (exact) mass is 1480 g/mol. The van der Waals surface area contributed by atoms with Gasteiger partial charge in [-0.15, -0.1) is 0 Å². The van der Waals surface area contributed by atoms with Crippen molar-refractivity contribution in [1.29, 1.82) is 0 Å². The Labute approximate surface area is 608 Å².